The number of hydrogen-bond donors (Lipinski definition) is 2. The molecule has 0 atom stereocenters. The summed E-state index contributed by atoms with van der Waals surface area (Å²) in [5.74, 6) is 1.75. The fraction of sp³-hybridized carbons (Fsp3) is 0.269. The first-order valence-electron chi connectivity index (χ1n) is 10.6. The van der Waals surface area contributed by atoms with Crippen molar-refractivity contribution < 1.29 is 19.0 Å². The third-order valence-electron chi connectivity index (χ3n) is 4.92. The lowest BCUT2D eigenvalue weighted by atomic mass is 10.1. The van der Waals surface area contributed by atoms with Gasteiger partial charge in [0.25, 0.3) is 5.91 Å². The van der Waals surface area contributed by atoms with Crippen molar-refractivity contribution >= 4 is 17.3 Å². The van der Waals surface area contributed by atoms with Crippen LogP contribution in [-0.4, -0.2) is 26.2 Å². The largest absolute Gasteiger partial charge is 0.497 e. The summed E-state index contributed by atoms with van der Waals surface area (Å²) in [7, 11) is 1.65. The van der Waals surface area contributed by atoms with Crippen LogP contribution in [0.5, 0.6) is 17.2 Å². The SMILES string of the molecule is CCOc1cc(CNc2ccc(OC)cc2)ccc1OCC(=O)Nc1cc(C)ccc1C. The Bertz CT molecular complexity index is 1050. The minimum Gasteiger partial charge on any atom is -0.497 e. The molecule has 3 aromatic rings. The van der Waals surface area contributed by atoms with Gasteiger partial charge in [-0.25, -0.2) is 0 Å². The molecule has 0 aliphatic carbocycles. The summed E-state index contributed by atoms with van der Waals surface area (Å²) in [5, 5.41) is 6.28. The number of ether oxygens (including phenoxy) is 3. The normalized spacial score (nSPS) is 10.4. The number of aryl methyl sites for hydroxylation is 2. The van der Waals surface area contributed by atoms with E-state index >= 15 is 0 Å². The van der Waals surface area contributed by atoms with E-state index in [1.807, 2.05) is 81.4 Å². The van der Waals surface area contributed by atoms with E-state index in [0.717, 1.165) is 33.8 Å². The second-order valence-corrected chi connectivity index (χ2v) is 7.45. The maximum Gasteiger partial charge on any atom is 0.262 e. The van der Waals surface area contributed by atoms with Gasteiger partial charge in [0.05, 0.1) is 13.7 Å². The average molecular weight is 435 g/mol. The predicted octanol–water partition coefficient (Wildman–Crippen LogP) is 5.34. The van der Waals surface area contributed by atoms with Crippen LogP contribution in [-0.2, 0) is 11.3 Å². The van der Waals surface area contributed by atoms with Crippen LogP contribution in [0, 0.1) is 13.8 Å². The summed E-state index contributed by atoms with van der Waals surface area (Å²) in [6.07, 6.45) is 0. The highest BCUT2D eigenvalue weighted by atomic mass is 16.5. The van der Waals surface area contributed by atoms with Gasteiger partial charge in [0.15, 0.2) is 18.1 Å². The molecule has 0 radical (unpaired) electrons. The molecular formula is C26H30N2O4. The first-order chi connectivity index (χ1) is 15.5. The van der Waals surface area contributed by atoms with Crippen molar-refractivity contribution in [1.29, 1.82) is 0 Å². The molecular weight excluding hydrogens is 404 g/mol. The molecule has 3 rings (SSSR count). The maximum atomic E-state index is 12.4. The van der Waals surface area contributed by atoms with Gasteiger partial charge in [-0.05, 0) is 79.9 Å². The number of amides is 1. The van der Waals surface area contributed by atoms with Crippen molar-refractivity contribution in [2.24, 2.45) is 0 Å². The highest BCUT2D eigenvalue weighted by Gasteiger charge is 2.11. The van der Waals surface area contributed by atoms with Crippen molar-refractivity contribution in [2.45, 2.75) is 27.3 Å². The summed E-state index contributed by atoms with van der Waals surface area (Å²) in [5.41, 5.74) is 4.92. The smallest absolute Gasteiger partial charge is 0.262 e. The van der Waals surface area contributed by atoms with Gasteiger partial charge in [-0.15, -0.1) is 0 Å². The van der Waals surface area contributed by atoms with Gasteiger partial charge in [-0.3, -0.25) is 4.79 Å². The van der Waals surface area contributed by atoms with Crippen molar-refractivity contribution in [3.8, 4) is 17.2 Å². The first-order valence-corrected chi connectivity index (χ1v) is 10.6. The van der Waals surface area contributed by atoms with Crippen LogP contribution in [0.3, 0.4) is 0 Å². The molecule has 1 amide bonds. The lowest BCUT2D eigenvalue weighted by molar-refractivity contribution is -0.118. The molecule has 0 aliphatic heterocycles. The van der Waals surface area contributed by atoms with Gasteiger partial charge in [0.1, 0.15) is 5.75 Å². The highest BCUT2D eigenvalue weighted by Crippen LogP contribution is 2.29. The van der Waals surface area contributed by atoms with Crippen LogP contribution in [0.15, 0.2) is 60.7 Å². The Morgan fingerprint density at radius 1 is 0.906 bits per heavy atom. The Labute approximate surface area is 189 Å². The monoisotopic (exact) mass is 434 g/mol. The topological polar surface area (TPSA) is 68.8 Å². The number of methoxy groups -OCH3 is 1. The lowest BCUT2D eigenvalue weighted by Crippen LogP contribution is -2.21. The van der Waals surface area contributed by atoms with E-state index in [1.165, 1.54) is 0 Å². The Morgan fingerprint density at radius 2 is 1.69 bits per heavy atom. The molecule has 32 heavy (non-hydrogen) atoms. The third kappa shape index (κ3) is 6.41. The van der Waals surface area contributed by atoms with Crippen LogP contribution in [0.2, 0.25) is 0 Å². The van der Waals surface area contributed by atoms with E-state index in [9.17, 15) is 4.79 Å². The minimum atomic E-state index is -0.216. The van der Waals surface area contributed by atoms with Crippen molar-refractivity contribution in [3.05, 3.63) is 77.4 Å². The number of carbonyl (C=O) groups is 1. The number of benzene rings is 3. The van der Waals surface area contributed by atoms with Gasteiger partial charge < -0.3 is 24.8 Å². The third-order valence-corrected chi connectivity index (χ3v) is 4.92. The molecule has 0 aliphatic rings. The number of carbonyl (C=O) groups excluding carboxylic acids is 1. The fourth-order valence-corrected chi connectivity index (χ4v) is 3.16. The number of hydrogen-bond acceptors (Lipinski definition) is 5. The molecule has 2 N–H and O–H groups in total. The predicted molar refractivity (Wildman–Crippen MR) is 128 cm³/mol. The molecule has 6 heteroatoms. The Hall–Kier alpha value is -3.67. The van der Waals surface area contributed by atoms with Crippen LogP contribution < -0.4 is 24.8 Å². The average Bonchev–Trinajstić information content (AvgIpc) is 2.80. The minimum absolute atomic E-state index is 0.100. The van der Waals surface area contributed by atoms with Gasteiger partial charge in [-0.1, -0.05) is 18.2 Å². The summed E-state index contributed by atoms with van der Waals surface area (Å²) in [6, 6.07) is 19.4. The molecule has 0 heterocycles. The van der Waals surface area contributed by atoms with Gasteiger partial charge in [-0.2, -0.15) is 0 Å². The first kappa shape index (κ1) is 23.0. The number of anilines is 2. The molecule has 0 saturated carbocycles. The maximum absolute atomic E-state index is 12.4. The van der Waals surface area contributed by atoms with Crippen LogP contribution in [0.1, 0.15) is 23.6 Å². The number of rotatable bonds is 10. The second-order valence-electron chi connectivity index (χ2n) is 7.45. The molecule has 0 fully saturated rings. The Kier molecular flexibility index (Phi) is 7.97. The lowest BCUT2D eigenvalue weighted by Gasteiger charge is -2.15. The van der Waals surface area contributed by atoms with E-state index in [1.54, 1.807) is 7.11 Å². The van der Waals surface area contributed by atoms with Crippen molar-refractivity contribution in [1.82, 2.24) is 0 Å². The summed E-state index contributed by atoms with van der Waals surface area (Å²) >= 11 is 0. The van der Waals surface area contributed by atoms with Crippen molar-refractivity contribution in [3.63, 3.8) is 0 Å². The highest BCUT2D eigenvalue weighted by molar-refractivity contribution is 5.92. The molecule has 0 saturated heterocycles. The molecule has 0 unspecified atom stereocenters. The van der Waals surface area contributed by atoms with Gasteiger partial charge in [0.2, 0.25) is 0 Å². The zero-order chi connectivity index (χ0) is 22.9. The van der Waals surface area contributed by atoms with Gasteiger partial charge in [0, 0.05) is 17.9 Å². The summed E-state index contributed by atoms with van der Waals surface area (Å²) in [4.78, 5) is 12.4. The molecule has 6 nitrogen and oxygen atoms in total. The molecule has 3 aromatic carbocycles. The van der Waals surface area contributed by atoms with E-state index in [0.29, 0.717) is 24.7 Å². The zero-order valence-corrected chi connectivity index (χ0v) is 19.0. The second kappa shape index (κ2) is 11.1. The molecule has 0 bridgehead atoms. The van der Waals surface area contributed by atoms with E-state index in [2.05, 4.69) is 10.6 Å². The number of nitrogens with one attached hydrogen (secondary N) is 2. The molecule has 168 valence electrons. The van der Waals surface area contributed by atoms with E-state index in [-0.39, 0.29) is 12.5 Å². The van der Waals surface area contributed by atoms with Crippen LogP contribution in [0.25, 0.3) is 0 Å². The van der Waals surface area contributed by atoms with Crippen LogP contribution in [0.4, 0.5) is 11.4 Å². The Balaban J connectivity index is 1.60. The van der Waals surface area contributed by atoms with Gasteiger partial charge >= 0.3 is 0 Å². The van der Waals surface area contributed by atoms with Crippen LogP contribution >= 0.6 is 0 Å². The van der Waals surface area contributed by atoms with Crippen molar-refractivity contribution in [2.75, 3.05) is 31.0 Å². The Morgan fingerprint density at radius 3 is 2.41 bits per heavy atom. The molecule has 0 spiro atoms. The fourth-order valence-electron chi connectivity index (χ4n) is 3.16. The molecule has 0 aromatic heterocycles. The van der Waals surface area contributed by atoms with E-state index < -0.39 is 0 Å². The van der Waals surface area contributed by atoms with E-state index in [4.69, 9.17) is 14.2 Å². The zero-order valence-electron chi connectivity index (χ0n) is 19.0. The quantitative estimate of drug-likeness (QED) is 0.451. The standard InChI is InChI=1S/C26H30N2O4/c1-5-31-25-15-20(16-27-21-9-11-22(30-4)12-10-21)8-13-24(25)32-17-26(29)28-23-14-18(2)6-7-19(23)3/h6-15,27H,5,16-17H2,1-4H3,(H,28,29). The summed E-state index contributed by atoms with van der Waals surface area (Å²) < 4.78 is 16.7. The summed E-state index contributed by atoms with van der Waals surface area (Å²) in [6.45, 7) is 6.89.